The van der Waals surface area contributed by atoms with E-state index in [1.807, 2.05) is 13.8 Å². The van der Waals surface area contributed by atoms with Gasteiger partial charge < -0.3 is 15.3 Å². The maximum atomic E-state index is 12.3. The van der Waals surface area contributed by atoms with Gasteiger partial charge in [-0.05, 0) is 26.3 Å². The number of rotatable bonds is 3. The Bertz CT molecular complexity index is 678. The number of benzene rings is 1. The van der Waals surface area contributed by atoms with Gasteiger partial charge in [-0.25, -0.2) is 0 Å². The van der Waals surface area contributed by atoms with Crippen LogP contribution in [0.25, 0.3) is 0 Å². The Kier molecular flexibility index (Phi) is 3.95. The third-order valence-corrected chi connectivity index (χ3v) is 3.31. The molecule has 0 aliphatic heterocycles. The number of aliphatic hydroxyl groups excluding tert-OH is 2. The summed E-state index contributed by atoms with van der Waals surface area (Å²) >= 11 is 0. The van der Waals surface area contributed by atoms with Crippen LogP contribution in [0.1, 0.15) is 41.0 Å². The minimum Gasteiger partial charge on any atom is -0.507 e. The molecule has 1 aromatic carbocycles. The minimum atomic E-state index is -1.27. The van der Waals surface area contributed by atoms with Gasteiger partial charge >= 0.3 is 0 Å². The van der Waals surface area contributed by atoms with E-state index in [2.05, 4.69) is 0 Å². The number of Topliss-reactive ketones (excluding diaryl/α,β-unsaturated/α-hetero) is 2. The highest BCUT2D eigenvalue weighted by atomic mass is 16.3. The van der Waals surface area contributed by atoms with Crippen LogP contribution in [-0.2, 0) is 0 Å². The van der Waals surface area contributed by atoms with Gasteiger partial charge in [0.15, 0.2) is 11.5 Å². The number of hydrogen-bond acceptors (Lipinski definition) is 5. The van der Waals surface area contributed by atoms with Crippen molar-refractivity contribution in [1.29, 1.82) is 0 Å². The number of ketones is 2. The van der Waals surface area contributed by atoms with Crippen molar-refractivity contribution >= 4 is 11.6 Å². The predicted octanol–water partition coefficient (Wildman–Crippen LogP) is 2.30. The molecule has 1 unspecified atom stereocenters. The second kappa shape index (κ2) is 5.54. The zero-order valence-electron chi connectivity index (χ0n) is 11.8. The third kappa shape index (κ3) is 2.60. The predicted molar refractivity (Wildman–Crippen MR) is 76.5 cm³/mol. The summed E-state index contributed by atoms with van der Waals surface area (Å²) in [7, 11) is 0. The molecule has 0 amide bonds. The van der Waals surface area contributed by atoms with Gasteiger partial charge in [0, 0.05) is 5.56 Å². The number of allylic oxidation sites excluding steroid dienone is 2. The standard InChI is InChI=1S/C16H16O5/c1-8(2)6-7-11(18)13-14(19)9-4-3-5-10(17)12(9)15(20)16(13)21/h3-6,11,17-18,21H,7H2,1-2H3. The van der Waals surface area contributed by atoms with Crippen LogP contribution in [0.2, 0.25) is 0 Å². The Labute approximate surface area is 121 Å². The smallest absolute Gasteiger partial charge is 0.232 e. The SMILES string of the molecule is CC(C)=CCC(O)C1=C(O)C(=O)c2c(O)cccc2C1=O. The number of carbonyl (C=O) groups excluding carboxylic acids is 2. The molecule has 0 bridgehead atoms. The molecule has 5 heteroatoms. The first-order valence-corrected chi connectivity index (χ1v) is 6.50. The highest BCUT2D eigenvalue weighted by molar-refractivity contribution is 6.27. The average Bonchev–Trinajstić information content (AvgIpc) is 2.42. The molecule has 5 nitrogen and oxygen atoms in total. The second-order valence-corrected chi connectivity index (χ2v) is 5.15. The van der Waals surface area contributed by atoms with Gasteiger partial charge in [0.05, 0.1) is 17.2 Å². The molecule has 0 heterocycles. The van der Waals surface area contributed by atoms with Crippen LogP contribution in [0.4, 0.5) is 0 Å². The third-order valence-electron chi connectivity index (χ3n) is 3.31. The van der Waals surface area contributed by atoms with Crippen molar-refractivity contribution in [3.05, 3.63) is 52.3 Å². The van der Waals surface area contributed by atoms with Gasteiger partial charge in [-0.3, -0.25) is 9.59 Å². The normalized spacial score (nSPS) is 15.8. The number of phenols is 1. The molecule has 110 valence electrons. The maximum Gasteiger partial charge on any atom is 0.232 e. The van der Waals surface area contributed by atoms with E-state index in [4.69, 9.17) is 0 Å². The lowest BCUT2D eigenvalue weighted by atomic mass is 9.84. The molecule has 1 atom stereocenters. The lowest BCUT2D eigenvalue weighted by molar-refractivity contribution is 0.0888. The summed E-state index contributed by atoms with van der Waals surface area (Å²) in [5.41, 5.74) is 0.389. The van der Waals surface area contributed by atoms with Gasteiger partial charge in [-0.2, -0.15) is 0 Å². The van der Waals surface area contributed by atoms with E-state index in [0.717, 1.165) is 5.57 Å². The molecule has 0 saturated heterocycles. The summed E-state index contributed by atoms with van der Waals surface area (Å²) < 4.78 is 0. The largest absolute Gasteiger partial charge is 0.507 e. The highest BCUT2D eigenvalue weighted by Gasteiger charge is 2.36. The van der Waals surface area contributed by atoms with Crippen molar-refractivity contribution in [1.82, 2.24) is 0 Å². The fraction of sp³-hybridized carbons (Fsp3) is 0.250. The van der Waals surface area contributed by atoms with Crippen molar-refractivity contribution < 1.29 is 24.9 Å². The molecular weight excluding hydrogens is 272 g/mol. The summed E-state index contributed by atoms with van der Waals surface area (Å²) in [6.45, 7) is 3.67. The molecule has 0 aromatic heterocycles. The van der Waals surface area contributed by atoms with Crippen LogP contribution in [0.5, 0.6) is 5.75 Å². The van der Waals surface area contributed by atoms with Crippen molar-refractivity contribution in [2.24, 2.45) is 0 Å². The van der Waals surface area contributed by atoms with E-state index < -0.39 is 23.4 Å². The minimum absolute atomic E-state index is 0.0101. The molecule has 1 aromatic rings. The second-order valence-electron chi connectivity index (χ2n) is 5.15. The fourth-order valence-electron chi connectivity index (χ4n) is 2.24. The Morgan fingerprint density at radius 3 is 2.48 bits per heavy atom. The Hall–Kier alpha value is -2.40. The van der Waals surface area contributed by atoms with Crippen LogP contribution in [-0.4, -0.2) is 33.0 Å². The molecule has 1 aliphatic carbocycles. The van der Waals surface area contributed by atoms with E-state index in [1.165, 1.54) is 18.2 Å². The molecule has 0 radical (unpaired) electrons. The summed E-state index contributed by atoms with van der Waals surface area (Å²) in [4.78, 5) is 24.4. The maximum absolute atomic E-state index is 12.3. The molecule has 2 rings (SSSR count). The van der Waals surface area contributed by atoms with Gasteiger partial charge in [-0.1, -0.05) is 23.8 Å². The zero-order chi connectivity index (χ0) is 15.7. The van der Waals surface area contributed by atoms with E-state index >= 15 is 0 Å². The molecule has 3 N–H and O–H groups in total. The number of hydrogen-bond donors (Lipinski definition) is 3. The van der Waals surface area contributed by atoms with Crippen molar-refractivity contribution in [2.45, 2.75) is 26.4 Å². The Morgan fingerprint density at radius 2 is 1.86 bits per heavy atom. The summed E-state index contributed by atoms with van der Waals surface area (Å²) in [5.74, 6) is -2.67. The molecular formula is C16H16O5. The number of aromatic hydroxyl groups is 1. The van der Waals surface area contributed by atoms with Crippen LogP contribution in [0, 0.1) is 0 Å². The average molecular weight is 288 g/mol. The van der Waals surface area contributed by atoms with Crippen molar-refractivity contribution in [2.75, 3.05) is 0 Å². The lowest BCUT2D eigenvalue weighted by Crippen LogP contribution is -2.28. The van der Waals surface area contributed by atoms with Crippen molar-refractivity contribution in [3.8, 4) is 5.75 Å². The molecule has 0 saturated carbocycles. The van der Waals surface area contributed by atoms with Gasteiger partial charge in [0.1, 0.15) is 5.75 Å². The molecule has 1 aliphatic rings. The molecule has 21 heavy (non-hydrogen) atoms. The summed E-state index contributed by atoms with van der Waals surface area (Å²) in [6.07, 6.45) is 0.558. The van der Waals surface area contributed by atoms with Crippen LogP contribution in [0.15, 0.2) is 41.2 Å². The van der Waals surface area contributed by atoms with Crippen molar-refractivity contribution in [3.63, 3.8) is 0 Å². The van der Waals surface area contributed by atoms with Crippen LogP contribution < -0.4 is 0 Å². The zero-order valence-corrected chi connectivity index (χ0v) is 11.8. The Balaban J connectivity index is 2.50. The topological polar surface area (TPSA) is 94.8 Å². The first kappa shape index (κ1) is 15.0. The van der Waals surface area contributed by atoms with Gasteiger partial charge in [0.2, 0.25) is 5.78 Å². The molecule has 0 spiro atoms. The molecule has 0 fully saturated rings. The van der Waals surface area contributed by atoms with Crippen LogP contribution >= 0.6 is 0 Å². The summed E-state index contributed by atoms with van der Waals surface area (Å²) in [5, 5.41) is 29.7. The van der Waals surface area contributed by atoms with E-state index in [9.17, 15) is 24.9 Å². The number of fused-ring (bicyclic) bond motifs is 1. The highest BCUT2D eigenvalue weighted by Crippen LogP contribution is 2.32. The van der Waals surface area contributed by atoms with Gasteiger partial charge in [0.25, 0.3) is 0 Å². The monoisotopic (exact) mass is 288 g/mol. The van der Waals surface area contributed by atoms with E-state index in [0.29, 0.717) is 0 Å². The number of aliphatic hydroxyl groups is 2. The van der Waals surface area contributed by atoms with Gasteiger partial charge in [-0.15, -0.1) is 0 Å². The summed E-state index contributed by atoms with van der Waals surface area (Å²) in [6, 6.07) is 4.08. The lowest BCUT2D eigenvalue weighted by Gasteiger charge is -2.21. The quantitative estimate of drug-likeness (QED) is 0.742. The van der Waals surface area contributed by atoms with E-state index in [-0.39, 0.29) is 28.9 Å². The van der Waals surface area contributed by atoms with E-state index in [1.54, 1.807) is 6.08 Å². The van der Waals surface area contributed by atoms with Crippen LogP contribution in [0.3, 0.4) is 0 Å². The first-order chi connectivity index (χ1) is 9.84. The number of phenolic OH excluding ortho intramolecular Hbond substituents is 1. The Morgan fingerprint density at radius 1 is 1.19 bits per heavy atom. The number of carbonyl (C=O) groups is 2. The fourth-order valence-corrected chi connectivity index (χ4v) is 2.24. The first-order valence-electron chi connectivity index (χ1n) is 6.50.